The number of urea groups is 1. The highest BCUT2D eigenvalue weighted by Gasteiger charge is 2.30. The Balaban J connectivity index is 2.24. The first-order chi connectivity index (χ1) is 9.06. The summed E-state index contributed by atoms with van der Waals surface area (Å²) in [4.78, 5) is 22.3. The average molecular weight is 268 g/mol. The third kappa shape index (κ3) is 5.18. The standard InChI is InChI=1S/C13H20N2O4/c1-3-5-9(4-2)15-13(18)14-8-10-6-7-11(19-10)12(16)17/h1,9-11H,4-8H2,2H3,(H,16,17)(H2,14,15,18). The van der Waals surface area contributed by atoms with E-state index in [2.05, 4.69) is 16.6 Å². The van der Waals surface area contributed by atoms with Crippen molar-refractivity contribution in [3.05, 3.63) is 0 Å². The molecule has 3 atom stereocenters. The van der Waals surface area contributed by atoms with E-state index in [1.54, 1.807) is 0 Å². The molecule has 1 fully saturated rings. The van der Waals surface area contributed by atoms with Crippen molar-refractivity contribution in [2.45, 2.75) is 50.9 Å². The lowest BCUT2D eigenvalue weighted by atomic mass is 10.1. The van der Waals surface area contributed by atoms with Crippen LogP contribution in [0.5, 0.6) is 0 Å². The van der Waals surface area contributed by atoms with E-state index in [4.69, 9.17) is 16.3 Å². The summed E-state index contributed by atoms with van der Waals surface area (Å²) in [6, 6.07) is -0.342. The third-order valence-corrected chi connectivity index (χ3v) is 3.07. The van der Waals surface area contributed by atoms with E-state index in [-0.39, 0.29) is 18.2 Å². The Morgan fingerprint density at radius 1 is 1.53 bits per heavy atom. The molecule has 1 saturated heterocycles. The molecule has 0 aromatic heterocycles. The van der Waals surface area contributed by atoms with Crippen LogP contribution in [0.25, 0.3) is 0 Å². The molecule has 1 rings (SSSR count). The fourth-order valence-corrected chi connectivity index (χ4v) is 1.92. The lowest BCUT2D eigenvalue weighted by molar-refractivity contribution is -0.149. The van der Waals surface area contributed by atoms with Gasteiger partial charge in [-0.15, -0.1) is 12.3 Å². The van der Waals surface area contributed by atoms with E-state index in [0.717, 1.165) is 6.42 Å². The molecule has 106 valence electrons. The molecule has 6 nitrogen and oxygen atoms in total. The molecule has 0 bridgehead atoms. The van der Waals surface area contributed by atoms with Gasteiger partial charge >= 0.3 is 12.0 Å². The number of amides is 2. The van der Waals surface area contributed by atoms with Gasteiger partial charge in [-0.3, -0.25) is 0 Å². The second-order valence-corrected chi connectivity index (χ2v) is 4.53. The normalized spacial score (nSPS) is 23.4. The van der Waals surface area contributed by atoms with Crippen LogP contribution in [0.15, 0.2) is 0 Å². The van der Waals surface area contributed by atoms with E-state index in [9.17, 15) is 9.59 Å². The van der Waals surface area contributed by atoms with Gasteiger partial charge in [0.1, 0.15) is 0 Å². The van der Waals surface area contributed by atoms with Gasteiger partial charge in [-0.2, -0.15) is 0 Å². The first-order valence-corrected chi connectivity index (χ1v) is 6.42. The van der Waals surface area contributed by atoms with Gasteiger partial charge in [-0.1, -0.05) is 6.92 Å². The SMILES string of the molecule is C#CCC(CC)NC(=O)NCC1CCC(C(=O)O)O1. The van der Waals surface area contributed by atoms with Crippen LogP contribution in [-0.4, -0.2) is 41.9 Å². The van der Waals surface area contributed by atoms with Crippen LogP contribution in [0.4, 0.5) is 4.79 Å². The highest BCUT2D eigenvalue weighted by Crippen LogP contribution is 2.19. The molecule has 1 aliphatic rings. The Kier molecular flexibility index (Phi) is 6.16. The predicted molar refractivity (Wildman–Crippen MR) is 69.6 cm³/mol. The number of rotatable bonds is 6. The number of hydrogen-bond donors (Lipinski definition) is 3. The molecule has 0 aromatic rings. The maximum atomic E-state index is 11.6. The molecule has 1 aliphatic heterocycles. The Hall–Kier alpha value is -1.74. The summed E-state index contributed by atoms with van der Waals surface area (Å²) in [6.45, 7) is 2.25. The van der Waals surface area contributed by atoms with Crippen molar-refractivity contribution in [1.29, 1.82) is 0 Å². The second-order valence-electron chi connectivity index (χ2n) is 4.53. The van der Waals surface area contributed by atoms with Crippen molar-refractivity contribution in [1.82, 2.24) is 10.6 Å². The average Bonchev–Trinajstić information content (AvgIpc) is 2.84. The van der Waals surface area contributed by atoms with Crippen molar-refractivity contribution in [3.8, 4) is 12.3 Å². The summed E-state index contributed by atoms with van der Waals surface area (Å²) in [5.41, 5.74) is 0. The lowest BCUT2D eigenvalue weighted by Crippen LogP contribution is -2.44. The van der Waals surface area contributed by atoms with E-state index in [1.807, 2.05) is 6.92 Å². The number of terminal acetylenes is 1. The molecule has 1 heterocycles. The topological polar surface area (TPSA) is 87.7 Å². The largest absolute Gasteiger partial charge is 0.479 e. The number of carboxylic acids is 1. The van der Waals surface area contributed by atoms with Crippen LogP contribution in [0.1, 0.15) is 32.6 Å². The molecule has 0 aromatic carbocycles. The number of hydrogen-bond acceptors (Lipinski definition) is 3. The summed E-state index contributed by atoms with van der Waals surface area (Å²) in [6.07, 6.45) is 6.59. The molecule has 6 heteroatoms. The lowest BCUT2D eigenvalue weighted by Gasteiger charge is -2.17. The van der Waals surface area contributed by atoms with E-state index < -0.39 is 12.1 Å². The molecule has 0 radical (unpaired) electrons. The quantitative estimate of drug-likeness (QED) is 0.619. The molecule has 0 saturated carbocycles. The Morgan fingerprint density at radius 2 is 2.26 bits per heavy atom. The van der Waals surface area contributed by atoms with Crippen LogP contribution in [0, 0.1) is 12.3 Å². The maximum Gasteiger partial charge on any atom is 0.332 e. The number of carboxylic acid groups (broad SMARTS) is 1. The van der Waals surface area contributed by atoms with Crippen LogP contribution in [0.2, 0.25) is 0 Å². The minimum atomic E-state index is -0.952. The number of carbonyl (C=O) groups excluding carboxylic acids is 1. The summed E-state index contributed by atoms with van der Waals surface area (Å²) in [7, 11) is 0. The second kappa shape index (κ2) is 7.64. The van der Waals surface area contributed by atoms with Crippen LogP contribution in [0.3, 0.4) is 0 Å². The van der Waals surface area contributed by atoms with Gasteiger partial charge in [0.2, 0.25) is 0 Å². The number of ether oxygens (including phenoxy) is 1. The fourth-order valence-electron chi connectivity index (χ4n) is 1.92. The Bertz CT molecular complexity index is 364. The molecule has 3 N–H and O–H groups in total. The van der Waals surface area contributed by atoms with Gasteiger partial charge in [-0.25, -0.2) is 9.59 Å². The van der Waals surface area contributed by atoms with E-state index in [1.165, 1.54) is 0 Å². The minimum Gasteiger partial charge on any atom is -0.479 e. The predicted octanol–water partition coefficient (Wildman–Crippen LogP) is 0.720. The van der Waals surface area contributed by atoms with Crippen LogP contribution in [-0.2, 0) is 9.53 Å². The first-order valence-electron chi connectivity index (χ1n) is 6.42. The smallest absolute Gasteiger partial charge is 0.332 e. The minimum absolute atomic E-state index is 0.0405. The van der Waals surface area contributed by atoms with Crippen molar-refractivity contribution in [3.63, 3.8) is 0 Å². The van der Waals surface area contributed by atoms with Crippen molar-refractivity contribution >= 4 is 12.0 Å². The van der Waals surface area contributed by atoms with Gasteiger partial charge in [0.05, 0.1) is 6.10 Å². The van der Waals surface area contributed by atoms with Crippen molar-refractivity contribution in [2.24, 2.45) is 0 Å². The summed E-state index contributed by atoms with van der Waals surface area (Å²) >= 11 is 0. The zero-order chi connectivity index (χ0) is 14.3. The maximum absolute atomic E-state index is 11.6. The monoisotopic (exact) mass is 268 g/mol. The third-order valence-electron chi connectivity index (χ3n) is 3.07. The zero-order valence-corrected chi connectivity index (χ0v) is 11.0. The van der Waals surface area contributed by atoms with Gasteiger partial charge < -0.3 is 20.5 Å². The van der Waals surface area contributed by atoms with E-state index >= 15 is 0 Å². The molecule has 2 amide bonds. The van der Waals surface area contributed by atoms with Gasteiger partial charge in [0.25, 0.3) is 0 Å². The molecule has 19 heavy (non-hydrogen) atoms. The fraction of sp³-hybridized carbons (Fsp3) is 0.692. The summed E-state index contributed by atoms with van der Waals surface area (Å²) in [5.74, 6) is 1.56. The summed E-state index contributed by atoms with van der Waals surface area (Å²) in [5, 5.41) is 14.2. The number of aliphatic carboxylic acids is 1. The molecular weight excluding hydrogens is 248 g/mol. The Labute approximate surface area is 112 Å². The summed E-state index contributed by atoms with van der Waals surface area (Å²) < 4.78 is 5.28. The van der Waals surface area contributed by atoms with Gasteiger partial charge in [0.15, 0.2) is 6.10 Å². The van der Waals surface area contributed by atoms with Crippen molar-refractivity contribution in [2.75, 3.05) is 6.54 Å². The molecular formula is C13H20N2O4. The molecule has 3 unspecified atom stereocenters. The highest BCUT2D eigenvalue weighted by atomic mass is 16.5. The zero-order valence-electron chi connectivity index (χ0n) is 11.0. The number of carbonyl (C=O) groups is 2. The first kappa shape index (κ1) is 15.3. The van der Waals surface area contributed by atoms with Crippen LogP contribution >= 0.6 is 0 Å². The highest BCUT2D eigenvalue weighted by molar-refractivity contribution is 5.74. The van der Waals surface area contributed by atoms with Gasteiger partial charge in [0, 0.05) is 19.0 Å². The molecule has 0 spiro atoms. The molecule has 0 aliphatic carbocycles. The van der Waals surface area contributed by atoms with Crippen LogP contribution < -0.4 is 10.6 Å². The van der Waals surface area contributed by atoms with E-state index in [0.29, 0.717) is 25.8 Å². The Morgan fingerprint density at radius 3 is 2.79 bits per heavy atom. The van der Waals surface area contributed by atoms with Crippen molar-refractivity contribution < 1.29 is 19.4 Å². The van der Waals surface area contributed by atoms with Gasteiger partial charge in [-0.05, 0) is 19.3 Å². The number of nitrogens with one attached hydrogen (secondary N) is 2.